The van der Waals surface area contributed by atoms with Gasteiger partial charge in [0.2, 0.25) is 0 Å². The number of hydrogen-bond acceptors (Lipinski definition) is 3. The van der Waals surface area contributed by atoms with Crippen LogP contribution in [-0.4, -0.2) is 21.3 Å². The number of phenolic OH excluding ortho intramolecular Hbond substituents is 2. The van der Waals surface area contributed by atoms with E-state index < -0.39 is 11.4 Å². The monoisotopic (exact) mass is 272 g/mol. The van der Waals surface area contributed by atoms with Crippen LogP contribution < -0.4 is 0 Å². The minimum absolute atomic E-state index is 0.0925. The number of aromatic hydroxyl groups is 2. The molecule has 4 nitrogen and oxygen atoms in total. The maximum atomic E-state index is 11.9. The number of carbonyl (C=O) groups is 1. The van der Waals surface area contributed by atoms with Crippen molar-refractivity contribution in [1.29, 1.82) is 0 Å². The van der Waals surface area contributed by atoms with E-state index in [1.165, 1.54) is 24.3 Å². The van der Waals surface area contributed by atoms with Gasteiger partial charge in [0.1, 0.15) is 16.9 Å². The van der Waals surface area contributed by atoms with E-state index in [4.69, 9.17) is 0 Å². The van der Waals surface area contributed by atoms with Crippen molar-refractivity contribution in [2.75, 3.05) is 0 Å². The van der Waals surface area contributed by atoms with Gasteiger partial charge in [-0.25, -0.2) is 0 Å². The summed E-state index contributed by atoms with van der Waals surface area (Å²) in [5.41, 5.74) is -0.00604. The summed E-state index contributed by atoms with van der Waals surface area (Å²) in [5.74, 6) is -0.777. The molecule has 0 spiro atoms. The molecular weight excluding hydrogens is 256 g/mol. The first kappa shape index (κ1) is 13.9. The van der Waals surface area contributed by atoms with Gasteiger partial charge >= 0.3 is 5.97 Å². The van der Waals surface area contributed by atoms with Crippen LogP contribution in [0.3, 0.4) is 0 Å². The quantitative estimate of drug-likeness (QED) is 0.799. The second-order valence-corrected chi connectivity index (χ2v) is 4.66. The fraction of sp³-hybridized carbons (Fsp3) is 0.188. The maximum absolute atomic E-state index is 11.9. The highest BCUT2D eigenvalue weighted by molar-refractivity contribution is 5.86. The summed E-state index contributed by atoms with van der Waals surface area (Å²) >= 11 is 0. The molecule has 2 aromatic carbocycles. The Bertz CT molecular complexity index is 554. The molecule has 0 amide bonds. The van der Waals surface area contributed by atoms with Crippen LogP contribution in [0.25, 0.3) is 0 Å². The third kappa shape index (κ3) is 2.20. The molecule has 2 aromatic rings. The molecule has 0 saturated heterocycles. The minimum atomic E-state index is -1.19. The Morgan fingerprint density at radius 1 is 0.900 bits per heavy atom. The van der Waals surface area contributed by atoms with E-state index in [1.54, 1.807) is 31.2 Å². The van der Waals surface area contributed by atoms with Crippen LogP contribution in [0.15, 0.2) is 48.5 Å². The molecule has 0 aliphatic carbocycles. The second kappa shape index (κ2) is 5.25. The first-order valence-corrected chi connectivity index (χ1v) is 6.33. The standard InChI is InChI=1S/C16H16O4/c1-2-16(15(19)20,11-3-7-13(17)8-4-11)12-5-9-14(18)10-6-12/h3-10,17-18H,2H2,1H3,(H,19,20). The van der Waals surface area contributed by atoms with Crippen molar-refractivity contribution in [2.45, 2.75) is 18.8 Å². The molecule has 0 bridgehead atoms. The molecule has 104 valence electrons. The molecule has 0 aliphatic heterocycles. The highest BCUT2D eigenvalue weighted by atomic mass is 16.4. The Labute approximate surface area is 116 Å². The lowest BCUT2D eigenvalue weighted by atomic mass is 9.72. The molecule has 4 heteroatoms. The molecule has 0 heterocycles. The van der Waals surface area contributed by atoms with E-state index in [0.717, 1.165) is 0 Å². The average Bonchev–Trinajstić information content (AvgIpc) is 2.43. The van der Waals surface area contributed by atoms with Gasteiger partial charge in [0.15, 0.2) is 0 Å². The van der Waals surface area contributed by atoms with E-state index in [9.17, 15) is 20.1 Å². The Hall–Kier alpha value is -2.49. The molecule has 0 radical (unpaired) electrons. The number of phenols is 2. The summed E-state index contributed by atoms with van der Waals surface area (Å²) in [6, 6.07) is 12.3. The van der Waals surface area contributed by atoms with Crippen LogP contribution in [0.4, 0.5) is 0 Å². The molecule has 20 heavy (non-hydrogen) atoms. The molecule has 2 rings (SSSR count). The van der Waals surface area contributed by atoms with Gasteiger partial charge < -0.3 is 15.3 Å². The first-order chi connectivity index (χ1) is 9.50. The zero-order valence-corrected chi connectivity index (χ0v) is 11.1. The van der Waals surface area contributed by atoms with Gasteiger partial charge in [-0.3, -0.25) is 4.79 Å². The van der Waals surface area contributed by atoms with Crippen LogP contribution in [0.2, 0.25) is 0 Å². The van der Waals surface area contributed by atoms with Crippen LogP contribution in [0, 0.1) is 0 Å². The van der Waals surface area contributed by atoms with Crippen LogP contribution in [-0.2, 0) is 10.2 Å². The van der Waals surface area contributed by atoms with Crippen molar-refractivity contribution in [2.24, 2.45) is 0 Å². The van der Waals surface area contributed by atoms with Gasteiger partial charge in [-0.15, -0.1) is 0 Å². The van der Waals surface area contributed by atoms with Crippen LogP contribution >= 0.6 is 0 Å². The smallest absolute Gasteiger partial charge is 0.318 e. The molecule has 0 unspecified atom stereocenters. The van der Waals surface area contributed by atoms with E-state index >= 15 is 0 Å². The number of carboxylic acid groups (broad SMARTS) is 1. The van der Waals surface area contributed by atoms with E-state index in [-0.39, 0.29) is 11.5 Å². The Balaban J connectivity index is 2.64. The maximum Gasteiger partial charge on any atom is 0.318 e. The zero-order chi connectivity index (χ0) is 14.8. The highest BCUT2D eigenvalue weighted by Crippen LogP contribution is 2.37. The summed E-state index contributed by atoms with van der Waals surface area (Å²) in [5, 5.41) is 28.5. The fourth-order valence-electron chi connectivity index (χ4n) is 2.46. The van der Waals surface area contributed by atoms with Gasteiger partial charge in [-0.2, -0.15) is 0 Å². The van der Waals surface area contributed by atoms with Crippen molar-refractivity contribution in [1.82, 2.24) is 0 Å². The van der Waals surface area contributed by atoms with Crippen molar-refractivity contribution in [3.8, 4) is 11.5 Å². The first-order valence-electron chi connectivity index (χ1n) is 6.33. The third-order valence-electron chi connectivity index (χ3n) is 3.62. The largest absolute Gasteiger partial charge is 0.508 e. The van der Waals surface area contributed by atoms with E-state index in [0.29, 0.717) is 17.5 Å². The Morgan fingerprint density at radius 3 is 1.50 bits per heavy atom. The van der Waals surface area contributed by atoms with Gasteiger partial charge in [0, 0.05) is 0 Å². The van der Waals surface area contributed by atoms with Crippen molar-refractivity contribution in [3.05, 3.63) is 59.7 Å². The topological polar surface area (TPSA) is 77.8 Å². The highest BCUT2D eigenvalue weighted by Gasteiger charge is 2.40. The Kier molecular flexibility index (Phi) is 3.66. The van der Waals surface area contributed by atoms with E-state index in [2.05, 4.69) is 0 Å². The van der Waals surface area contributed by atoms with E-state index in [1.807, 2.05) is 0 Å². The zero-order valence-electron chi connectivity index (χ0n) is 11.1. The lowest BCUT2D eigenvalue weighted by molar-refractivity contribution is -0.142. The number of carboxylic acids is 1. The molecule has 0 aliphatic rings. The normalized spacial score (nSPS) is 11.2. The molecular formula is C16H16O4. The second-order valence-electron chi connectivity index (χ2n) is 4.66. The van der Waals surface area contributed by atoms with Crippen molar-refractivity contribution in [3.63, 3.8) is 0 Å². The summed E-state index contributed by atoms with van der Waals surface area (Å²) < 4.78 is 0. The molecule has 0 saturated carbocycles. The molecule has 0 atom stereocenters. The molecule has 0 aromatic heterocycles. The molecule has 0 fully saturated rings. The molecule has 3 N–H and O–H groups in total. The summed E-state index contributed by atoms with van der Waals surface area (Å²) in [6.07, 6.45) is 0.359. The Morgan fingerprint density at radius 2 is 1.25 bits per heavy atom. The summed E-state index contributed by atoms with van der Waals surface area (Å²) in [6.45, 7) is 1.80. The third-order valence-corrected chi connectivity index (χ3v) is 3.62. The SMILES string of the molecule is CCC(C(=O)O)(c1ccc(O)cc1)c1ccc(O)cc1. The summed E-state index contributed by atoms with van der Waals surface area (Å²) in [4.78, 5) is 11.9. The predicted molar refractivity (Wildman–Crippen MR) is 74.9 cm³/mol. The number of hydrogen-bond donors (Lipinski definition) is 3. The summed E-state index contributed by atoms with van der Waals surface area (Å²) in [7, 11) is 0. The lowest BCUT2D eigenvalue weighted by Crippen LogP contribution is -2.36. The fourth-order valence-corrected chi connectivity index (χ4v) is 2.46. The van der Waals surface area contributed by atoms with Crippen molar-refractivity contribution < 1.29 is 20.1 Å². The average molecular weight is 272 g/mol. The number of aliphatic carboxylic acids is 1. The van der Waals surface area contributed by atoms with Gasteiger partial charge in [-0.05, 0) is 41.8 Å². The van der Waals surface area contributed by atoms with Gasteiger partial charge in [-0.1, -0.05) is 31.2 Å². The number of rotatable bonds is 4. The van der Waals surface area contributed by atoms with Crippen molar-refractivity contribution >= 4 is 5.97 Å². The minimum Gasteiger partial charge on any atom is -0.508 e. The van der Waals surface area contributed by atoms with Gasteiger partial charge in [0.25, 0.3) is 0 Å². The van der Waals surface area contributed by atoms with Crippen LogP contribution in [0.5, 0.6) is 11.5 Å². The van der Waals surface area contributed by atoms with Gasteiger partial charge in [0.05, 0.1) is 0 Å². The van der Waals surface area contributed by atoms with Crippen LogP contribution in [0.1, 0.15) is 24.5 Å². The predicted octanol–water partition coefficient (Wildman–Crippen LogP) is 2.88. The number of benzene rings is 2. The lowest BCUT2D eigenvalue weighted by Gasteiger charge is -2.29.